The zero-order valence-corrected chi connectivity index (χ0v) is 18.6. The second kappa shape index (κ2) is 8.52. The lowest BCUT2D eigenvalue weighted by Crippen LogP contribution is -2.54. The number of likely N-dealkylation sites (tertiary alicyclic amines) is 1. The first-order chi connectivity index (χ1) is 15.1. The molecule has 8 nitrogen and oxygen atoms in total. The van der Waals surface area contributed by atoms with Crippen LogP contribution in [0.25, 0.3) is 4.96 Å². The predicted molar refractivity (Wildman–Crippen MR) is 120 cm³/mol. The lowest BCUT2D eigenvalue weighted by molar-refractivity contribution is -0.137. The van der Waals surface area contributed by atoms with Crippen LogP contribution in [0.15, 0.2) is 40.0 Å². The molecule has 0 aromatic carbocycles. The number of carbonyl (C=O) groups is 2. The highest BCUT2D eigenvalue weighted by Crippen LogP contribution is 2.24. The van der Waals surface area contributed by atoms with Gasteiger partial charge >= 0.3 is 0 Å². The first-order valence-corrected chi connectivity index (χ1v) is 12.2. The highest BCUT2D eigenvalue weighted by atomic mass is 32.1. The molecule has 10 heteroatoms. The van der Waals surface area contributed by atoms with Gasteiger partial charge in [-0.05, 0) is 24.3 Å². The van der Waals surface area contributed by atoms with Crippen molar-refractivity contribution in [2.45, 2.75) is 25.4 Å². The molecule has 2 saturated heterocycles. The Kier molecular flexibility index (Phi) is 5.59. The lowest BCUT2D eigenvalue weighted by Gasteiger charge is -2.37. The van der Waals surface area contributed by atoms with Crippen LogP contribution < -0.4 is 5.56 Å². The Balaban J connectivity index is 1.20. The molecule has 162 valence electrons. The van der Waals surface area contributed by atoms with E-state index in [-0.39, 0.29) is 23.4 Å². The number of hydrogen-bond donors (Lipinski definition) is 0. The molecular formula is C21H23N5O3S2. The number of aromatic nitrogens is 2. The van der Waals surface area contributed by atoms with Crippen LogP contribution in [0.3, 0.4) is 0 Å². The van der Waals surface area contributed by atoms with Gasteiger partial charge in [0, 0.05) is 56.9 Å². The lowest BCUT2D eigenvalue weighted by atomic mass is 10.1. The highest BCUT2D eigenvalue weighted by molar-refractivity contribution is 7.15. The second-order valence-electron chi connectivity index (χ2n) is 7.88. The van der Waals surface area contributed by atoms with Crippen LogP contribution in [0, 0.1) is 0 Å². The van der Waals surface area contributed by atoms with Crippen LogP contribution in [-0.2, 0) is 11.3 Å². The molecule has 2 fully saturated rings. The fourth-order valence-electron chi connectivity index (χ4n) is 4.34. The Hall–Kier alpha value is -2.56. The molecule has 31 heavy (non-hydrogen) atoms. The fraction of sp³-hybridized carbons (Fsp3) is 0.429. The largest absolute Gasteiger partial charge is 0.338 e. The Bertz CT molecular complexity index is 1150. The van der Waals surface area contributed by atoms with Crippen LogP contribution in [0.5, 0.6) is 0 Å². The maximum Gasteiger partial charge on any atom is 0.264 e. The number of carbonyl (C=O) groups excluding carboxylic acids is 2. The van der Waals surface area contributed by atoms with Crippen molar-refractivity contribution in [3.63, 3.8) is 0 Å². The minimum absolute atomic E-state index is 0.0363. The maximum atomic E-state index is 13.2. The van der Waals surface area contributed by atoms with Crippen LogP contribution in [-0.4, -0.2) is 74.7 Å². The van der Waals surface area contributed by atoms with Gasteiger partial charge in [0.05, 0.1) is 10.6 Å². The van der Waals surface area contributed by atoms with Gasteiger partial charge < -0.3 is 9.80 Å². The highest BCUT2D eigenvalue weighted by Gasteiger charge is 2.37. The third-order valence-electron chi connectivity index (χ3n) is 5.96. The minimum atomic E-state index is -0.357. The van der Waals surface area contributed by atoms with Gasteiger partial charge in [0.15, 0.2) is 4.96 Å². The van der Waals surface area contributed by atoms with Gasteiger partial charge in [0.1, 0.15) is 6.04 Å². The van der Waals surface area contributed by atoms with Gasteiger partial charge in [-0.15, -0.1) is 22.7 Å². The summed E-state index contributed by atoms with van der Waals surface area (Å²) in [4.78, 5) is 50.0. The van der Waals surface area contributed by atoms with Gasteiger partial charge in [-0.25, -0.2) is 4.98 Å². The molecule has 3 aromatic rings. The first-order valence-electron chi connectivity index (χ1n) is 10.4. The first kappa shape index (κ1) is 20.3. The van der Waals surface area contributed by atoms with E-state index in [9.17, 15) is 14.4 Å². The number of fused-ring (bicyclic) bond motifs is 1. The smallest absolute Gasteiger partial charge is 0.264 e. The van der Waals surface area contributed by atoms with E-state index < -0.39 is 0 Å². The third-order valence-corrected chi connectivity index (χ3v) is 7.57. The van der Waals surface area contributed by atoms with Crippen molar-refractivity contribution in [3.8, 4) is 0 Å². The Labute approximate surface area is 187 Å². The molecule has 2 amide bonds. The third kappa shape index (κ3) is 4.02. The minimum Gasteiger partial charge on any atom is -0.338 e. The zero-order chi connectivity index (χ0) is 21.4. The molecule has 0 unspecified atom stereocenters. The summed E-state index contributed by atoms with van der Waals surface area (Å²) in [5.41, 5.74) is 0.697. The van der Waals surface area contributed by atoms with Gasteiger partial charge in [-0.2, -0.15) is 0 Å². The summed E-state index contributed by atoms with van der Waals surface area (Å²) in [5.74, 6) is 0.0178. The number of nitrogens with zero attached hydrogens (tertiary/aromatic N) is 5. The van der Waals surface area contributed by atoms with Crippen molar-refractivity contribution >= 4 is 39.4 Å². The molecule has 0 saturated carbocycles. The van der Waals surface area contributed by atoms with E-state index in [1.165, 1.54) is 22.7 Å². The van der Waals surface area contributed by atoms with Crippen molar-refractivity contribution in [3.05, 3.63) is 56.1 Å². The Morgan fingerprint density at radius 3 is 2.71 bits per heavy atom. The van der Waals surface area contributed by atoms with Gasteiger partial charge in [0.2, 0.25) is 5.91 Å². The monoisotopic (exact) mass is 457 g/mol. The van der Waals surface area contributed by atoms with E-state index in [2.05, 4.69) is 9.88 Å². The van der Waals surface area contributed by atoms with Gasteiger partial charge in [-0.1, -0.05) is 6.07 Å². The molecule has 5 heterocycles. The number of amides is 2. The number of thiazole rings is 1. The number of hydrogen-bond acceptors (Lipinski definition) is 7. The quantitative estimate of drug-likeness (QED) is 0.597. The average Bonchev–Trinajstić information content (AvgIpc) is 3.54. The number of thiophene rings is 1. The second-order valence-corrected chi connectivity index (χ2v) is 9.70. The molecule has 0 radical (unpaired) electrons. The van der Waals surface area contributed by atoms with E-state index in [1.54, 1.807) is 21.6 Å². The van der Waals surface area contributed by atoms with Crippen LogP contribution in [0.4, 0.5) is 0 Å². The molecule has 5 rings (SSSR count). The van der Waals surface area contributed by atoms with E-state index in [0.717, 1.165) is 31.6 Å². The van der Waals surface area contributed by atoms with E-state index in [1.807, 2.05) is 27.8 Å². The van der Waals surface area contributed by atoms with Gasteiger partial charge in [-0.3, -0.25) is 23.7 Å². The van der Waals surface area contributed by atoms with Crippen LogP contribution in [0.2, 0.25) is 0 Å². The SMILES string of the molecule is O=C([C@@H]1CCCN1C(=O)c1cccs1)N1CCN(Cc2cc(=O)n3ccsc3n2)CC1. The van der Waals surface area contributed by atoms with Gasteiger partial charge in [0.25, 0.3) is 11.5 Å². The zero-order valence-electron chi connectivity index (χ0n) is 17.0. The summed E-state index contributed by atoms with van der Waals surface area (Å²) < 4.78 is 1.55. The average molecular weight is 458 g/mol. The Morgan fingerprint density at radius 2 is 1.94 bits per heavy atom. The standard InChI is InChI=1S/C21H23N5O3S2/c27-18-13-15(22-21-26(18)10-12-31-21)14-23-6-8-24(9-7-23)19(28)16-3-1-5-25(16)20(29)17-4-2-11-30-17/h2,4,10-13,16H,1,3,5-9,14H2/t16-/m0/s1. The molecule has 2 aliphatic rings. The Morgan fingerprint density at radius 1 is 1.10 bits per heavy atom. The van der Waals surface area contributed by atoms with Crippen molar-refractivity contribution in [1.82, 2.24) is 24.1 Å². The van der Waals surface area contributed by atoms with E-state index in [4.69, 9.17) is 0 Å². The molecule has 0 N–H and O–H groups in total. The van der Waals surface area contributed by atoms with Crippen LogP contribution >= 0.6 is 22.7 Å². The molecule has 0 spiro atoms. The summed E-state index contributed by atoms with van der Waals surface area (Å²) in [7, 11) is 0. The fourth-order valence-corrected chi connectivity index (χ4v) is 5.76. The molecule has 1 atom stereocenters. The van der Waals surface area contributed by atoms with Crippen LogP contribution in [0.1, 0.15) is 28.2 Å². The number of piperazine rings is 1. The summed E-state index contributed by atoms with van der Waals surface area (Å²) >= 11 is 2.87. The van der Waals surface area contributed by atoms with Crippen molar-refractivity contribution in [2.75, 3.05) is 32.7 Å². The maximum absolute atomic E-state index is 13.2. The van der Waals surface area contributed by atoms with Crippen molar-refractivity contribution in [1.29, 1.82) is 0 Å². The molecule has 0 aliphatic carbocycles. The van der Waals surface area contributed by atoms with E-state index >= 15 is 0 Å². The predicted octanol–water partition coefficient (Wildman–Crippen LogP) is 1.77. The number of rotatable bonds is 4. The van der Waals surface area contributed by atoms with E-state index in [0.29, 0.717) is 36.0 Å². The summed E-state index contributed by atoms with van der Waals surface area (Å²) in [5, 5.41) is 3.74. The molecule has 0 bridgehead atoms. The summed E-state index contributed by atoms with van der Waals surface area (Å²) in [6.45, 7) is 3.93. The summed E-state index contributed by atoms with van der Waals surface area (Å²) in [6, 6.07) is 4.91. The van der Waals surface area contributed by atoms with Crippen molar-refractivity contribution in [2.24, 2.45) is 0 Å². The molecule has 2 aliphatic heterocycles. The van der Waals surface area contributed by atoms with Crippen molar-refractivity contribution < 1.29 is 9.59 Å². The molecule has 3 aromatic heterocycles. The molecular weight excluding hydrogens is 434 g/mol. The normalized spacial score (nSPS) is 19.9. The summed E-state index contributed by atoms with van der Waals surface area (Å²) in [6.07, 6.45) is 3.32. The topological polar surface area (TPSA) is 78.2 Å².